The van der Waals surface area contributed by atoms with E-state index < -0.39 is 0 Å². The van der Waals surface area contributed by atoms with Crippen LogP contribution >= 0.6 is 0 Å². The first-order valence-corrected chi connectivity index (χ1v) is 5.31. The molecule has 84 valence electrons. The third-order valence-electron chi connectivity index (χ3n) is 2.73. The van der Waals surface area contributed by atoms with E-state index in [1.807, 2.05) is 36.4 Å². The van der Waals surface area contributed by atoms with E-state index in [2.05, 4.69) is 9.97 Å². The number of fused-ring (bicyclic) bond motifs is 1. The van der Waals surface area contributed by atoms with Gasteiger partial charge in [-0.2, -0.15) is 0 Å². The fraction of sp³-hybridized carbons (Fsp3) is 0. The Morgan fingerprint density at radius 3 is 2.53 bits per heavy atom. The maximum Gasteiger partial charge on any atom is 0.323 e. The molecule has 0 aliphatic rings. The van der Waals surface area contributed by atoms with Gasteiger partial charge >= 0.3 is 5.69 Å². The summed E-state index contributed by atoms with van der Waals surface area (Å²) in [5.41, 5.74) is 9.72. The predicted molar refractivity (Wildman–Crippen MR) is 68.8 cm³/mol. The van der Waals surface area contributed by atoms with Crippen molar-refractivity contribution in [3.05, 3.63) is 52.9 Å². The van der Waals surface area contributed by atoms with Gasteiger partial charge in [-0.05, 0) is 17.7 Å². The maximum atomic E-state index is 11.3. The van der Waals surface area contributed by atoms with Crippen LogP contribution in [0, 0.1) is 0 Å². The molecule has 0 bridgehead atoms. The molecule has 2 aromatic carbocycles. The SMILES string of the molecule is Nc1cc(-c2ccccc2)c2[nH]c(=O)[nH]c2c1. The molecule has 0 saturated heterocycles. The molecule has 3 aromatic rings. The van der Waals surface area contributed by atoms with Crippen molar-refractivity contribution in [2.24, 2.45) is 0 Å². The quantitative estimate of drug-likeness (QED) is 0.555. The second-order valence-corrected chi connectivity index (χ2v) is 3.94. The third-order valence-corrected chi connectivity index (χ3v) is 2.73. The second-order valence-electron chi connectivity index (χ2n) is 3.94. The van der Waals surface area contributed by atoms with Gasteiger partial charge in [0.25, 0.3) is 0 Å². The number of anilines is 1. The summed E-state index contributed by atoms with van der Waals surface area (Å²) in [6, 6.07) is 13.4. The number of benzene rings is 2. The molecule has 1 aromatic heterocycles. The molecule has 0 fully saturated rings. The highest BCUT2D eigenvalue weighted by atomic mass is 16.1. The molecular formula is C13H11N3O. The largest absolute Gasteiger partial charge is 0.399 e. The molecule has 0 aliphatic heterocycles. The first kappa shape index (κ1) is 9.72. The van der Waals surface area contributed by atoms with Crippen molar-refractivity contribution < 1.29 is 0 Å². The van der Waals surface area contributed by atoms with Gasteiger partial charge < -0.3 is 15.7 Å². The lowest BCUT2D eigenvalue weighted by Crippen LogP contribution is -1.99. The second kappa shape index (κ2) is 3.52. The molecule has 4 N–H and O–H groups in total. The van der Waals surface area contributed by atoms with Crippen molar-refractivity contribution in [2.75, 3.05) is 5.73 Å². The van der Waals surface area contributed by atoms with E-state index in [4.69, 9.17) is 5.73 Å². The number of nitrogens with one attached hydrogen (secondary N) is 2. The molecule has 3 rings (SSSR count). The average Bonchev–Trinajstić information content (AvgIpc) is 2.69. The molecule has 0 unspecified atom stereocenters. The van der Waals surface area contributed by atoms with Crippen molar-refractivity contribution in [3.63, 3.8) is 0 Å². The van der Waals surface area contributed by atoms with Gasteiger partial charge in [-0.1, -0.05) is 30.3 Å². The van der Waals surface area contributed by atoms with Crippen molar-refractivity contribution >= 4 is 16.7 Å². The zero-order valence-electron chi connectivity index (χ0n) is 9.03. The topological polar surface area (TPSA) is 74.7 Å². The highest BCUT2D eigenvalue weighted by Gasteiger charge is 2.07. The summed E-state index contributed by atoms with van der Waals surface area (Å²) in [4.78, 5) is 16.8. The molecule has 0 atom stereocenters. The fourth-order valence-corrected chi connectivity index (χ4v) is 2.01. The molecule has 0 aliphatic carbocycles. The Morgan fingerprint density at radius 2 is 1.76 bits per heavy atom. The number of aromatic amines is 2. The normalized spacial score (nSPS) is 10.8. The Kier molecular flexibility index (Phi) is 2.01. The number of imidazole rings is 1. The Labute approximate surface area is 97.1 Å². The molecule has 4 heteroatoms. The van der Waals surface area contributed by atoms with Crippen LogP contribution in [0.25, 0.3) is 22.2 Å². The number of H-pyrrole nitrogens is 2. The number of rotatable bonds is 1. The Bertz CT molecular complexity index is 725. The minimum Gasteiger partial charge on any atom is -0.399 e. The van der Waals surface area contributed by atoms with Crippen LogP contribution in [0.15, 0.2) is 47.3 Å². The van der Waals surface area contributed by atoms with Crippen LogP contribution in [-0.2, 0) is 0 Å². The van der Waals surface area contributed by atoms with E-state index in [0.29, 0.717) is 5.69 Å². The van der Waals surface area contributed by atoms with Gasteiger partial charge in [-0.15, -0.1) is 0 Å². The Balaban J connectivity index is 2.39. The van der Waals surface area contributed by atoms with Crippen LogP contribution in [0.2, 0.25) is 0 Å². The van der Waals surface area contributed by atoms with Crippen LogP contribution in [0.1, 0.15) is 0 Å². The van der Waals surface area contributed by atoms with Crippen molar-refractivity contribution in [1.82, 2.24) is 9.97 Å². The summed E-state index contributed by atoms with van der Waals surface area (Å²) in [5, 5.41) is 0. The van der Waals surface area contributed by atoms with Gasteiger partial charge in [0.05, 0.1) is 11.0 Å². The first-order chi connectivity index (χ1) is 8.24. The van der Waals surface area contributed by atoms with Crippen molar-refractivity contribution in [1.29, 1.82) is 0 Å². The summed E-state index contributed by atoms with van der Waals surface area (Å²) >= 11 is 0. The van der Waals surface area contributed by atoms with E-state index in [1.54, 1.807) is 6.07 Å². The smallest absolute Gasteiger partial charge is 0.323 e. The predicted octanol–water partition coefficient (Wildman–Crippen LogP) is 2.11. The lowest BCUT2D eigenvalue weighted by atomic mass is 10.0. The van der Waals surface area contributed by atoms with E-state index in [-0.39, 0.29) is 5.69 Å². The van der Waals surface area contributed by atoms with Crippen LogP contribution in [0.5, 0.6) is 0 Å². The molecule has 0 spiro atoms. The molecule has 1 heterocycles. The summed E-state index contributed by atoms with van der Waals surface area (Å²) in [6.45, 7) is 0. The molecule has 0 amide bonds. The third kappa shape index (κ3) is 1.59. The molecule has 4 nitrogen and oxygen atoms in total. The highest BCUT2D eigenvalue weighted by Crippen LogP contribution is 2.28. The van der Waals surface area contributed by atoms with Crippen molar-refractivity contribution in [2.45, 2.75) is 0 Å². The van der Waals surface area contributed by atoms with E-state index in [0.717, 1.165) is 22.2 Å². The van der Waals surface area contributed by atoms with Crippen LogP contribution < -0.4 is 11.4 Å². The van der Waals surface area contributed by atoms with Gasteiger partial charge in [0.15, 0.2) is 0 Å². The zero-order valence-corrected chi connectivity index (χ0v) is 9.03. The summed E-state index contributed by atoms with van der Waals surface area (Å²) in [7, 11) is 0. The average molecular weight is 225 g/mol. The summed E-state index contributed by atoms with van der Waals surface area (Å²) < 4.78 is 0. The number of aromatic nitrogens is 2. The van der Waals surface area contributed by atoms with E-state index >= 15 is 0 Å². The fourth-order valence-electron chi connectivity index (χ4n) is 2.01. The zero-order chi connectivity index (χ0) is 11.8. The Hall–Kier alpha value is -2.49. The number of nitrogens with two attached hydrogens (primary N) is 1. The standard InChI is InChI=1S/C13H11N3O/c14-9-6-10(8-4-2-1-3-5-8)12-11(7-9)15-13(17)16-12/h1-7H,14H2,(H2,15,16,17). The minimum absolute atomic E-state index is 0.220. The highest BCUT2D eigenvalue weighted by molar-refractivity contribution is 5.94. The van der Waals surface area contributed by atoms with Crippen molar-refractivity contribution in [3.8, 4) is 11.1 Å². The first-order valence-electron chi connectivity index (χ1n) is 5.31. The number of hydrogen-bond donors (Lipinski definition) is 3. The van der Waals surface area contributed by atoms with Gasteiger partial charge in [-0.25, -0.2) is 4.79 Å². The number of hydrogen-bond acceptors (Lipinski definition) is 2. The van der Waals surface area contributed by atoms with Gasteiger partial charge in [0, 0.05) is 11.3 Å². The van der Waals surface area contributed by atoms with Crippen LogP contribution in [0.3, 0.4) is 0 Å². The Morgan fingerprint density at radius 1 is 1.00 bits per heavy atom. The minimum atomic E-state index is -0.220. The van der Waals surface area contributed by atoms with E-state index in [9.17, 15) is 4.79 Å². The molecular weight excluding hydrogens is 214 g/mol. The lowest BCUT2D eigenvalue weighted by Gasteiger charge is -2.04. The monoisotopic (exact) mass is 225 g/mol. The van der Waals surface area contributed by atoms with Gasteiger partial charge in [0.2, 0.25) is 0 Å². The number of nitrogen functional groups attached to an aromatic ring is 1. The molecule has 0 radical (unpaired) electrons. The lowest BCUT2D eigenvalue weighted by molar-refractivity contribution is 1.22. The summed E-state index contributed by atoms with van der Waals surface area (Å²) in [5.74, 6) is 0. The summed E-state index contributed by atoms with van der Waals surface area (Å²) in [6.07, 6.45) is 0. The molecule has 17 heavy (non-hydrogen) atoms. The van der Waals surface area contributed by atoms with Gasteiger partial charge in [0.1, 0.15) is 0 Å². The van der Waals surface area contributed by atoms with Crippen LogP contribution in [-0.4, -0.2) is 9.97 Å². The van der Waals surface area contributed by atoms with Gasteiger partial charge in [-0.3, -0.25) is 0 Å². The maximum absolute atomic E-state index is 11.3. The van der Waals surface area contributed by atoms with E-state index in [1.165, 1.54) is 0 Å². The molecule has 0 saturated carbocycles. The van der Waals surface area contributed by atoms with Crippen LogP contribution in [0.4, 0.5) is 5.69 Å².